The number of imide groups is 2. The highest BCUT2D eigenvalue weighted by atomic mass is 16.7. The van der Waals surface area contributed by atoms with Gasteiger partial charge in [0.15, 0.2) is 1.37 Å². The first kappa shape index (κ1) is 36.1. The van der Waals surface area contributed by atoms with Gasteiger partial charge in [-0.15, -0.1) is 10.1 Å². The highest BCUT2D eigenvalue weighted by Crippen LogP contribution is 2.14. The van der Waals surface area contributed by atoms with E-state index in [9.17, 15) is 38.4 Å². The van der Waals surface area contributed by atoms with Gasteiger partial charge in [-0.05, 0) is 21.0 Å². The summed E-state index contributed by atoms with van der Waals surface area (Å²) in [6.45, 7) is 1.19. The molecule has 2 saturated heterocycles. The van der Waals surface area contributed by atoms with Crippen LogP contribution in [0.25, 0.3) is 0 Å². The van der Waals surface area contributed by atoms with Crippen LogP contribution >= 0.6 is 0 Å². The average molecular weight is 607 g/mol. The summed E-state index contributed by atoms with van der Waals surface area (Å²) in [7, 11) is 4.43. The van der Waals surface area contributed by atoms with Crippen LogP contribution in [0.4, 0.5) is 0 Å². The number of aldehydes is 1. The number of rotatable bonds is 7. The predicted molar refractivity (Wildman–Crippen MR) is 136 cm³/mol. The van der Waals surface area contributed by atoms with E-state index < -0.39 is 60.6 Å². The van der Waals surface area contributed by atoms with E-state index >= 15 is 0 Å². The Hall–Kier alpha value is -4.86. The Balaban J connectivity index is -0.000000185. The van der Waals surface area contributed by atoms with Crippen LogP contribution in [0, 0.1) is 0 Å². The van der Waals surface area contributed by atoms with Gasteiger partial charge in [0.1, 0.15) is 23.3 Å². The normalized spacial score (nSPS) is 13.3. The first-order chi connectivity index (χ1) is 21.0. The van der Waals surface area contributed by atoms with Gasteiger partial charge in [0.2, 0.25) is 11.8 Å². The Morgan fingerprint density at radius 3 is 1.41 bits per heavy atom. The van der Waals surface area contributed by atoms with Crippen molar-refractivity contribution >= 4 is 60.1 Å². The van der Waals surface area contributed by atoms with Crippen LogP contribution in [0.5, 0.6) is 0 Å². The van der Waals surface area contributed by atoms with Crippen LogP contribution < -0.4 is 34.2 Å². The lowest BCUT2D eigenvalue weighted by molar-refractivity contribution is -0.206. The van der Waals surface area contributed by atoms with Crippen molar-refractivity contribution in [3.63, 3.8) is 0 Å². The fourth-order valence-electron chi connectivity index (χ4n) is 1.98. The molecule has 41 heavy (non-hydrogen) atoms. The van der Waals surface area contributed by atoms with E-state index in [1.165, 1.54) is 28.1 Å². The second kappa shape index (κ2) is 29.7. The Bertz CT molecular complexity index is 906. The molecule has 6 amide bonds. The van der Waals surface area contributed by atoms with Gasteiger partial charge >= 0.3 is 11.9 Å². The van der Waals surface area contributed by atoms with Crippen molar-refractivity contribution in [3.05, 3.63) is 0 Å². The van der Waals surface area contributed by atoms with Gasteiger partial charge in [0.25, 0.3) is 30.1 Å². The number of nitrogens with zero attached hydrogens (tertiary/aromatic N) is 2. The van der Waals surface area contributed by atoms with Gasteiger partial charge in [-0.25, -0.2) is 15.4 Å². The fraction of sp³-hybridized carbons (Fsp3) is 0.500. The Morgan fingerprint density at radius 2 is 1.17 bits per heavy atom. The van der Waals surface area contributed by atoms with Gasteiger partial charge in [-0.3, -0.25) is 39.0 Å². The third-order valence-corrected chi connectivity index (χ3v) is 3.43. The van der Waals surface area contributed by atoms with Gasteiger partial charge in [-0.1, -0.05) is 0 Å². The number of carboxylic acid groups (broad SMARTS) is 1. The summed E-state index contributed by atoms with van der Waals surface area (Å²) in [5.41, 5.74) is 10.9. The van der Waals surface area contributed by atoms with Crippen LogP contribution in [0.2, 0.25) is 2.82 Å². The molecule has 2 aliphatic heterocycles. The SMILES string of the molecule is CN.CN.O=C(CC(=O)ON1C(=O)CCC1=O)ON1C(=O)CCC1=O.[3H]C(=O)O.[3H]C(C)=O.[3H]N.[3H]NNC(=O)CC(=O)NC. The quantitative estimate of drug-likeness (QED) is 0.0361. The number of hydrogen-bond acceptors (Lipinski definition) is 16. The Morgan fingerprint density at radius 1 is 0.878 bits per heavy atom. The van der Waals surface area contributed by atoms with Crippen molar-refractivity contribution in [2.45, 2.75) is 45.4 Å². The smallest absolute Gasteiger partial charge is 0.344 e. The summed E-state index contributed by atoms with van der Waals surface area (Å²) >= 11 is 0. The maximum absolute atomic E-state index is 11.4. The monoisotopic (exact) mass is 606 g/mol. The minimum absolute atomic E-state index is 0.0761. The summed E-state index contributed by atoms with van der Waals surface area (Å²) in [4.78, 5) is 115. The molecular formula is C20H38N8O13. The number of carbonyl (C=O) groups excluding carboxylic acids is 9. The van der Waals surface area contributed by atoms with Gasteiger partial charge in [0, 0.05) is 32.7 Å². The van der Waals surface area contributed by atoms with E-state index in [0.29, 0.717) is 0 Å². The van der Waals surface area contributed by atoms with Gasteiger partial charge < -0.3 is 42.5 Å². The summed E-state index contributed by atoms with van der Waals surface area (Å²) < 4.78 is 23.0. The molecule has 0 bridgehead atoms. The number of hydrazine groups is 1. The summed E-state index contributed by atoms with van der Waals surface area (Å²) in [5, 5.41) is 9.91. The first-order valence-electron chi connectivity index (χ1n) is 12.7. The third-order valence-electron chi connectivity index (χ3n) is 3.43. The van der Waals surface area contributed by atoms with E-state index in [-0.39, 0.29) is 48.1 Å². The van der Waals surface area contributed by atoms with E-state index in [4.69, 9.17) is 20.3 Å². The summed E-state index contributed by atoms with van der Waals surface area (Å²) in [5.74, 6) is -4.41. The third kappa shape index (κ3) is 22.8. The maximum atomic E-state index is 11.4. The molecule has 21 heteroatoms. The van der Waals surface area contributed by atoms with Gasteiger partial charge in [-0.2, -0.15) is 0 Å². The van der Waals surface area contributed by atoms with E-state index in [1.54, 1.807) is 5.84 Å². The second-order valence-corrected chi connectivity index (χ2v) is 5.96. The minimum atomic E-state index is -1.58. The van der Waals surface area contributed by atoms with Crippen molar-refractivity contribution in [3.8, 4) is 0 Å². The van der Waals surface area contributed by atoms with Crippen LogP contribution in [0.15, 0.2) is 0 Å². The zero-order chi connectivity index (χ0) is 36.7. The molecule has 2 heterocycles. The molecule has 12 N–H and O–H groups in total. The molecule has 21 nitrogen and oxygen atoms in total. The predicted octanol–water partition coefficient (Wildman–Crippen LogP) is -4.08. The minimum Gasteiger partial charge on any atom is -0.483 e. The van der Waals surface area contributed by atoms with Gasteiger partial charge in [0.05, 0.1) is 0 Å². The number of nitrogens with one attached hydrogen (secondary N) is 2. The van der Waals surface area contributed by atoms with Crippen molar-refractivity contribution in [1.29, 1.82) is 0 Å². The lowest BCUT2D eigenvalue weighted by Gasteiger charge is -2.14. The molecule has 236 valence electrons. The molecular weight excluding hydrogens is 560 g/mol. The van der Waals surface area contributed by atoms with Crippen LogP contribution in [-0.2, 0) is 57.6 Å². The number of hydroxylamine groups is 4. The van der Waals surface area contributed by atoms with Crippen LogP contribution in [0.1, 0.15) is 48.2 Å². The Labute approximate surface area is 240 Å². The van der Waals surface area contributed by atoms with Crippen molar-refractivity contribution in [2.24, 2.45) is 17.3 Å². The van der Waals surface area contributed by atoms with Crippen molar-refractivity contribution in [1.82, 2.24) is 27.0 Å². The zero-order valence-corrected chi connectivity index (χ0v) is 22.7. The standard InChI is InChI=1S/C11H10N2O8.C4H9N3O2.C2H4O.2CH5N.CH2O2.H3N/c14-6-1-2-7(15)12(6)20-10(18)5-11(19)21-13-8(16)3-4-9(13)17;1-6-3(8)2-4(9)7-5;1-2-3;2*1-2;2-1-3;/h1-5H2;2,5H2,1H3,(H,6,8)(H,7,9);2H,1H3;2*2H2,1H3;1H,(H,2,3);1H3/i;;2T;;;1T;/hT2. The molecule has 0 spiro atoms. The number of carbonyl (C=O) groups is 10. The first-order valence-corrected chi connectivity index (χ1v) is 10.7. The molecule has 0 aromatic rings. The lowest BCUT2D eigenvalue weighted by atomic mass is 10.4. The average Bonchev–Trinajstić information content (AvgIpc) is 3.46. The fourth-order valence-corrected chi connectivity index (χ4v) is 1.98. The number of nitrogens with two attached hydrogens (primary N) is 3. The topological polar surface area (TPSA) is 353 Å². The lowest BCUT2D eigenvalue weighted by Crippen LogP contribution is -2.35. The molecule has 0 radical (unpaired) electrons. The molecule has 2 aliphatic rings. The van der Waals surface area contributed by atoms with Crippen molar-refractivity contribution < 1.29 is 68.3 Å². The second-order valence-electron chi connectivity index (χ2n) is 5.96. The number of hydrogen-bond donors (Lipinski definition) is 7. The molecule has 2 fully saturated rings. The molecule has 0 aliphatic carbocycles. The zero-order valence-electron chi connectivity index (χ0n) is 26.7. The molecule has 0 aromatic heterocycles. The molecule has 0 aromatic carbocycles. The Kier molecular flexibility index (Phi) is 26.2. The van der Waals surface area contributed by atoms with E-state index in [1.807, 2.05) is 5.43 Å². The summed E-state index contributed by atoms with van der Waals surface area (Å²) in [6, 6.07) is 0. The van der Waals surface area contributed by atoms with Crippen LogP contribution in [-0.4, -0.2) is 96.5 Å². The highest BCUT2D eigenvalue weighted by molar-refractivity contribution is 6.04. The molecule has 2 rings (SSSR count). The van der Waals surface area contributed by atoms with Crippen LogP contribution in [0.3, 0.4) is 0 Å². The molecule has 0 saturated carbocycles. The number of amides is 6. The largest absolute Gasteiger partial charge is 0.483 e. The molecule has 0 atom stereocenters. The highest BCUT2D eigenvalue weighted by Gasteiger charge is 2.35. The van der Waals surface area contributed by atoms with E-state index in [0.717, 1.165) is 0 Å². The van der Waals surface area contributed by atoms with E-state index in [2.05, 4.69) is 32.6 Å². The summed E-state index contributed by atoms with van der Waals surface area (Å²) in [6.07, 6.45) is 0.0673. The van der Waals surface area contributed by atoms with Crippen molar-refractivity contribution in [2.75, 3.05) is 21.1 Å². The molecule has 0 unspecified atom stereocenters. The maximum Gasteiger partial charge on any atom is 0.344 e.